The summed E-state index contributed by atoms with van der Waals surface area (Å²) in [6, 6.07) is 6.34. The molecule has 0 bridgehead atoms. The number of anilines is 1. The SMILES string of the molecule is Cc1cc2nccc(N3CCCN(S(C)(=O)=O)CC3)c2cc1C. The lowest BCUT2D eigenvalue weighted by Crippen LogP contribution is -2.34. The predicted octanol–water partition coefficient (Wildman–Crippen LogP) is 2.32. The topological polar surface area (TPSA) is 53.5 Å². The van der Waals surface area contributed by atoms with Crippen molar-refractivity contribution >= 4 is 26.6 Å². The molecule has 23 heavy (non-hydrogen) atoms. The molecule has 0 radical (unpaired) electrons. The second-order valence-corrected chi connectivity index (χ2v) is 8.27. The standard InChI is InChI=1S/C17H23N3O2S/c1-13-11-15-16(12-14(13)2)18-6-5-17(15)19-7-4-8-20(10-9-19)23(3,21)22/h5-6,11-12H,4,7-10H2,1-3H3. The highest BCUT2D eigenvalue weighted by molar-refractivity contribution is 7.88. The van der Waals surface area contributed by atoms with Gasteiger partial charge < -0.3 is 4.90 Å². The van der Waals surface area contributed by atoms with Gasteiger partial charge in [0, 0.05) is 43.4 Å². The minimum absolute atomic E-state index is 0.535. The molecule has 2 heterocycles. The fourth-order valence-electron chi connectivity index (χ4n) is 3.13. The van der Waals surface area contributed by atoms with Gasteiger partial charge >= 0.3 is 0 Å². The van der Waals surface area contributed by atoms with Gasteiger partial charge in [-0.05, 0) is 49.6 Å². The highest BCUT2D eigenvalue weighted by Gasteiger charge is 2.22. The number of sulfonamides is 1. The molecular formula is C17H23N3O2S. The number of aromatic nitrogens is 1. The number of aryl methyl sites for hydroxylation is 2. The van der Waals surface area contributed by atoms with E-state index in [1.165, 1.54) is 17.4 Å². The molecule has 0 saturated carbocycles. The third-order valence-electron chi connectivity index (χ3n) is 4.60. The fraction of sp³-hybridized carbons (Fsp3) is 0.471. The van der Waals surface area contributed by atoms with Crippen LogP contribution in [0.5, 0.6) is 0 Å². The van der Waals surface area contributed by atoms with Gasteiger partial charge in [0.15, 0.2) is 0 Å². The number of benzene rings is 1. The minimum atomic E-state index is -3.12. The molecule has 1 aromatic heterocycles. The van der Waals surface area contributed by atoms with Crippen molar-refractivity contribution in [2.24, 2.45) is 0 Å². The molecule has 5 nitrogen and oxygen atoms in total. The van der Waals surface area contributed by atoms with Gasteiger partial charge in [-0.1, -0.05) is 0 Å². The quantitative estimate of drug-likeness (QED) is 0.846. The molecule has 0 aliphatic carbocycles. The molecule has 1 aliphatic rings. The summed E-state index contributed by atoms with van der Waals surface area (Å²) in [7, 11) is -3.12. The maximum Gasteiger partial charge on any atom is 0.211 e. The van der Waals surface area contributed by atoms with Gasteiger partial charge in [0.05, 0.1) is 11.8 Å². The number of hydrogen-bond donors (Lipinski definition) is 0. The summed E-state index contributed by atoms with van der Waals surface area (Å²) in [5.41, 5.74) is 4.63. The normalized spacial score (nSPS) is 17.4. The number of hydrogen-bond acceptors (Lipinski definition) is 4. The van der Waals surface area contributed by atoms with E-state index in [0.29, 0.717) is 19.6 Å². The summed E-state index contributed by atoms with van der Waals surface area (Å²) in [6.07, 6.45) is 3.96. The highest BCUT2D eigenvalue weighted by Crippen LogP contribution is 2.28. The van der Waals surface area contributed by atoms with Gasteiger partial charge in [-0.15, -0.1) is 0 Å². The smallest absolute Gasteiger partial charge is 0.211 e. The van der Waals surface area contributed by atoms with Crippen LogP contribution < -0.4 is 4.90 Å². The van der Waals surface area contributed by atoms with Gasteiger partial charge in [-0.2, -0.15) is 0 Å². The maximum absolute atomic E-state index is 11.8. The van der Waals surface area contributed by atoms with Crippen LogP contribution in [0.1, 0.15) is 17.5 Å². The number of fused-ring (bicyclic) bond motifs is 1. The lowest BCUT2D eigenvalue weighted by atomic mass is 10.0. The first-order chi connectivity index (χ1) is 10.9. The minimum Gasteiger partial charge on any atom is -0.370 e. The van der Waals surface area contributed by atoms with Crippen molar-refractivity contribution < 1.29 is 8.42 Å². The van der Waals surface area contributed by atoms with Crippen molar-refractivity contribution in [2.75, 3.05) is 37.3 Å². The lowest BCUT2D eigenvalue weighted by Gasteiger charge is -2.24. The van der Waals surface area contributed by atoms with Crippen molar-refractivity contribution in [3.8, 4) is 0 Å². The van der Waals surface area contributed by atoms with Crippen molar-refractivity contribution in [3.63, 3.8) is 0 Å². The van der Waals surface area contributed by atoms with Crippen LogP contribution >= 0.6 is 0 Å². The van der Waals surface area contributed by atoms with E-state index >= 15 is 0 Å². The molecule has 6 heteroatoms. The summed E-state index contributed by atoms with van der Waals surface area (Å²) in [5.74, 6) is 0. The Balaban J connectivity index is 1.96. The first-order valence-electron chi connectivity index (χ1n) is 7.92. The van der Waals surface area contributed by atoms with Crippen LogP contribution in [-0.2, 0) is 10.0 Å². The summed E-state index contributed by atoms with van der Waals surface area (Å²) < 4.78 is 25.1. The van der Waals surface area contributed by atoms with Crippen molar-refractivity contribution in [1.82, 2.24) is 9.29 Å². The Morgan fingerprint density at radius 3 is 2.52 bits per heavy atom. The third-order valence-corrected chi connectivity index (χ3v) is 5.90. The summed E-state index contributed by atoms with van der Waals surface area (Å²) in [5, 5.41) is 1.14. The van der Waals surface area contributed by atoms with Crippen molar-refractivity contribution in [2.45, 2.75) is 20.3 Å². The van der Waals surface area contributed by atoms with E-state index in [1.54, 1.807) is 4.31 Å². The Hall–Kier alpha value is -1.66. The number of pyridine rings is 1. The van der Waals surface area contributed by atoms with Crippen LogP contribution in [-0.4, -0.2) is 50.1 Å². The van der Waals surface area contributed by atoms with E-state index in [9.17, 15) is 8.42 Å². The van der Waals surface area contributed by atoms with Crippen molar-refractivity contribution in [3.05, 3.63) is 35.5 Å². The molecule has 0 N–H and O–H groups in total. The van der Waals surface area contributed by atoms with Crippen LogP contribution in [0.15, 0.2) is 24.4 Å². The molecule has 0 spiro atoms. The van der Waals surface area contributed by atoms with Gasteiger partial charge in [0.1, 0.15) is 0 Å². The first-order valence-corrected chi connectivity index (χ1v) is 9.77. The van der Waals surface area contributed by atoms with Crippen LogP contribution in [0.25, 0.3) is 10.9 Å². The summed E-state index contributed by atoms with van der Waals surface area (Å²) >= 11 is 0. The van der Waals surface area contributed by atoms with Crippen molar-refractivity contribution in [1.29, 1.82) is 0 Å². The molecule has 2 aromatic rings. The second-order valence-electron chi connectivity index (χ2n) is 6.29. The van der Waals surface area contributed by atoms with E-state index in [-0.39, 0.29) is 0 Å². The highest BCUT2D eigenvalue weighted by atomic mass is 32.2. The molecular weight excluding hydrogens is 310 g/mol. The third kappa shape index (κ3) is 3.33. The molecule has 124 valence electrons. The molecule has 1 aromatic carbocycles. The summed E-state index contributed by atoms with van der Waals surface area (Å²) in [4.78, 5) is 6.77. The van der Waals surface area contributed by atoms with Crippen LogP contribution in [0.3, 0.4) is 0 Å². The maximum atomic E-state index is 11.8. The molecule has 3 rings (SSSR count). The van der Waals surface area contributed by atoms with Gasteiger partial charge in [-0.3, -0.25) is 4.98 Å². The zero-order chi connectivity index (χ0) is 16.6. The Morgan fingerprint density at radius 2 is 1.78 bits per heavy atom. The average molecular weight is 333 g/mol. The van der Waals surface area contributed by atoms with Gasteiger partial charge in [0.25, 0.3) is 0 Å². The first kappa shape index (κ1) is 16.2. The van der Waals surface area contributed by atoms with Crippen LogP contribution in [0.2, 0.25) is 0 Å². The Kier molecular flexibility index (Phi) is 4.29. The zero-order valence-electron chi connectivity index (χ0n) is 13.9. The second kappa shape index (κ2) is 6.09. The van der Waals surface area contributed by atoms with Gasteiger partial charge in [0.2, 0.25) is 10.0 Å². The zero-order valence-corrected chi connectivity index (χ0v) is 14.7. The Bertz CT molecular complexity index is 833. The van der Waals surface area contributed by atoms with Crippen LogP contribution in [0.4, 0.5) is 5.69 Å². The molecule has 1 aliphatic heterocycles. The Labute approximate surface area is 138 Å². The molecule has 1 saturated heterocycles. The van der Waals surface area contributed by atoms with E-state index < -0.39 is 10.0 Å². The van der Waals surface area contributed by atoms with E-state index in [4.69, 9.17) is 0 Å². The Morgan fingerprint density at radius 1 is 1.04 bits per heavy atom. The molecule has 1 fully saturated rings. The van der Waals surface area contributed by atoms with E-state index in [1.807, 2.05) is 12.3 Å². The molecule has 0 amide bonds. The van der Waals surface area contributed by atoms with E-state index in [2.05, 4.69) is 35.9 Å². The van der Waals surface area contributed by atoms with Crippen LogP contribution in [0, 0.1) is 13.8 Å². The molecule has 0 atom stereocenters. The number of rotatable bonds is 2. The molecule has 0 unspecified atom stereocenters. The largest absolute Gasteiger partial charge is 0.370 e. The van der Waals surface area contributed by atoms with E-state index in [0.717, 1.165) is 29.6 Å². The summed E-state index contributed by atoms with van der Waals surface area (Å²) in [6.45, 7) is 6.90. The lowest BCUT2D eigenvalue weighted by molar-refractivity contribution is 0.437. The van der Waals surface area contributed by atoms with Gasteiger partial charge in [-0.25, -0.2) is 12.7 Å². The monoisotopic (exact) mass is 333 g/mol. The fourth-order valence-corrected chi connectivity index (χ4v) is 4.01. The predicted molar refractivity (Wildman–Crippen MR) is 94.5 cm³/mol. The number of nitrogens with zero attached hydrogens (tertiary/aromatic N) is 3. The average Bonchev–Trinajstić information content (AvgIpc) is 2.73.